The van der Waals surface area contributed by atoms with Crippen LogP contribution in [0.3, 0.4) is 0 Å². The Balaban J connectivity index is 1.13. The molecule has 184 valence electrons. The molecule has 0 radical (unpaired) electrons. The Bertz CT molecular complexity index is 1310. The molecule has 6 heteroatoms. The van der Waals surface area contributed by atoms with Crippen molar-refractivity contribution in [2.45, 2.75) is 38.3 Å². The third kappa shape index (κ3) is 5.48. The fraction of sp³-hybridized carbons (Fsp3) is 0.300. The lowest BCUT2D eigenvalue weighted by Crippen LogP contribution is -2.35. The van der Waals surface area contributed by atoms with Crippen LogP contribution in [0.15, 0.2) is 78.9 Å². The predicted octanol–water partition coefficient (Wildman–Crippen LogP) is 5.65. The van der Waals surface area contributed by atoms with Gasteiger partial charge >= 0.3 is 0 Å². The van der Waals surface area contributed by atoms with E-state index in [0.717, 1.165) is 48.0 Å². The fourth-order valence-electron chi connectivity index (χ4n) is 4.93. The molecule has 0 atom stereocenters. The molecule has 3 aromatic carbocycles. The average Bonchev–Trinajstić information content (AvgIpc) is 2.92. The van der Waals surface area contributed by atoms with Crippen LogP contribution in [0.4, 0.5) is 11.8 Å². The summed E-state index contributed by atoms with van der Waals surface area (Å²) in [5.41, 5.74) is 4.43. The second kappa shape index (κ2) is 10.8. The second-order valence-corrected chi connectivity index (χ2v) is 9.76. The van der Waals surface area contributed by atoms with Crippen LogP contribution < -0.4 is 15.5 Å². The minimum atomic E-state index is 0.0569. The van der Waals surface area contributed by atoms with Crippen LogP contribution in [-0.4, -0.2) is 36.0 Å². The molecular weight excluding hydrogens is 446 g/mol. The van der Waals surface area contributed by atoms with Crippen LogP contribution in [0, 0.1) is 5.92 Å². The topological polar surface area (TPSA) is 70.2 Å². The molecule has 1 heterocycles. The SMILES string of the molecule is CN(C)c1nc(NC2CCC(C(=O)NCc3ccc(-c4ccccc4)cc3)CC2)nc2ccccc12. The third-order valence-corrected chi connectivity index (χ3v) is 6.97. The number of hydrogen-bond donors (Lipinski definition) is 2. The Morgan fingerprint density at radius 1 is 0.833 bits per heavy atom. The molecule has 1 aromatic heterocycles. The van der Waals surface area contributed by atoms with Gasteiger partial charge in [-0.25, -0.2) is 4.98 Å². The smallest absolute Gasteiger partial charge is 0.225 e. The summed E-state index contributed by atoms with van der Waals surface area (Å²) in [6.07, 6.45) is 3.59. The van der Waals surface area contributed by atoms with Crippen molar-refractivity contribution in [3.63, 3.8) is 0 Å². The first-order chi connectivity index (χ1) is 17.6. The maximum absolute atomic E-state index is 12.8. The standard InChI is InChI=1S/C30H33N5O/c1-35(2)28-26-10-6-7-11-27(26)33-30(34-28)32-25-18-16-24(17-19-25)29(36)31-20-21-12-14-23(15-13-21)22-8-4-3-5-9-22/h3-15,24-25H,16-20H2,1-2H3,(H,31,36)(H,32,33,34). The first-order valence-corrected chi connectivity index (χ1v) is 12.7. The number of rotatable bonds is 7. The zero-order valence-electron chi connectivity index (χ0n) is 20.9. The first-order valence-electron chi connectivity index (χ1n) is 12.7. The highest BCUT2D eigenvalue weighted by atomic mass is 16.1. The highest BCUT2D eigenvalue weighted by molar-refractivity contribution is 5.90. The van der Waals surface area contributed by atoms with E-state index in [1.54, 1.807) is 0 Å². The van der Waals surface area contributed by atoms with Gasteiger partial charge in [0.05, 0.1) is 5.52 Å². The number of nitrogens with zero attached hydrogens (tertiary/aromatic N) is 3. The number of nitrogens with one attached hydrogen (secondary N) is 2. The van der Waals surface area contributed by atoms with E-state index in [9.17, 15) is 4.79 Å². The van der Waals surface area contributed by atoms with Crippen molar-refractivity contribution in [3.8, 4) is 11.1 Å². The van der Waals surface area contributed by atoms with Gasteiger partial charge in [-0.15, -0.1) is 0 Å². The normalized spacial score (nSPS) is 17.5. The zero-order valence-corrected chi connectivity index (χ0v) is 20.9. The molecule has 6 nitrogen and oxygen atoms in total. The van der Waals surface area contributed by atoms with Crippen LogP contribution >= 0.6 is 0 Å². The number of para-hydroxylation sites is 1. The zero-order chi connectivity index (χ0) is 24.9. The van der Waals surface area contributed by atoms with Crippen molar-refractivity contribution in [2.75, 3.05) is 24.3 Å². The Kier molecular flexibility index (Phi) is 7.12. The lowest BCUT2D eigenvalue weighted by molar-refractivity contribution is -0.126. The van der Waals surface area contributed by atoms with E-state index >= 15 is 0 Å². The Morgan fingerprint density at radius 3 is 2.22 bits per heavy atom. The third-order valence-electron chi connectivity index (χ3n) is 6.97. The lowest BCUT2D eigenvalue weighted by Gasteiger charge is -2.28. The highest BCUT2D eigenvalue weighted by Gasteiger charge is 2.26. The monoisotopic (exact) mass is 479 g/mol. The molecule has 1 aliphatic carbocycles. The molecule has 0 saturated heterocycles. The van der Waals surface area contributed by atoms with E-state index in [2.05, 4.69) is 53.1 Å². The number of aromatic nitrogens is 2. The van der Waals surface area contributed by atoms with Gasteiger partial charge in [-0.2, -0.15) is 4.98 Å². The number of benzene rings is 3. The molecule has 1 aliphatic rings. The maximum Gasteiger partial charge on any atom is 0.225 e. The lowest BCUT2D eigenvalue weighted by atomic mass is 9.85. The van der Waals surface area contributed by atoms with E-state index in [0.29, 0.717) is 12.5 Å². The van der Waals surface area contributed by atoms with Gasteiger partial charge in [0.2, 0.25) is 11.9 Å². The predicted molar refractivity (Wildman–Crippen MR) is 147 cm³/mol. The van der Waals surface area contributed by atoms with Crippen LogP contribution in [0.2, 0.25) is 0 Å². The van der Waals surface area contributed by atoms with Crippen molar-refractivity contribution in [3.05, 3.63) is 84.4 Å². The molecule has 36 heavy (non-hydrogen) atoms. The summed E-state index contributed by atoms with van der Waals surface area (Å²) in [4.78, 5) is 24.3. The van der Waals surface area contributed by atoms with Crippen molar-refractivity contribution >= 4 is 28.6 Å². The molecule has 0 spiro atoms. The summed E-state index contributed by atoms with van der Waals surface area (Å²) < 4.78 is 0. The van der Waals surface area contributed by atoms with Crippen molar-refractivity contribution < 1.29 is 4.79 Å². The maximum atomic E-state index is 12.8. The molecule has 5 rings (SSSR count). The largest absolute Gasteiger partial charge is 0.362 e. The van der Waals surface area contributed by atoms with Crippen molar-refractivity contribution in [1.29, 1.82) is 0 Å². The average molecular weight is 480 g/mol. The molecule has 0 aliphatic heterocycles. The molecule has 1 fully saturated rings. The summed E-state index contributed by atoms with van der Waals surface area (Å²) in [6.45, 7) is 0.560. The van der Waals surface area contributed by atoms with Gasteiger partial charge in [-0.3, -0.25) is 4.79 Å². The number of fused-ring (bicyclic) bond motifs is 1. The van der Waals surface area contributed by atoms with E-state index < -0.39 is 0 Å². The first kappa shape index (κ1) is 23.8. The summed E-state index contributed by atoms with van der Waals surface area (Å²) in [5, 5.41) is 7.71. The molecule has 2 N–H and O–H groups in total. The van der Waals surface area contributed by atoms with Gasteiger partial charge in [-0.1, -0.05) is 66.7 Å². The van der Waals surface area contributed by atoms with Crippen molar-refractivity contribution in [1.82, 2.24) is 15.3 Å². The quantitative estimate of drug-likeness (QED) is 0.358. The number of hydrogen-bond acceptors (Lipinski definition) is 5. The van der Waals surface area contributed by atoms with Gasteiger partial charge in [0.15, 0.2) is 0 Å². The molecule has 0 bridgehead atoms. The summed E-state index contributed by atoms with van der Waals surface area (Å²) >= 11 is 0. The minimum absolute atomic E-state index is 0.0569. The second-order valence-electron chi connectivity index (χ2n) is 9.76. The highest BCUT2D eigenvalue weighted by Crippen LogP contribution is 2.28. The summed E-state index contributed by atoms with van der Waals surface area (Å²) in [5.74, 6) is 1.77. The molecule has 1 amide bonds. The Labute approximate surface area is 212 Å². The molecular formula is C30H33N5O. The number of amides is 1. The van der Waals surface area contributed by atoms with Crippen LogP contribution in [0.5, 0.6) is 0 Å². The number of anilines is 2. The van der Waals surface area contributed by atoms with Gasteiger partial charge in [0.1, 0.15) is 5.82 Å². The van der Waals surface area contributed by atoms with E-state index in [1.807, 2.05) is 55.4 Å². The molecule has 1 saturated carbocycles. The van der Waals surface area contributed by atoms with Gasteiger partial charge in [0, 0.05) is 38.0 Å². The van der Waals surface area contributed by atoms with E-state index in [1.165, 1.54) is 11.1 Å². The fourth-order valence-corrected chi connectivity index (χ4v) is 4.93. The van der Waals surface area contributed by atoms with E-state index in [-0.39, 0.29) is 17.9 Å². The minimum Gasteiger partial charge on any atom is -0.362 e. The Morgan fingerprint density at radius 2 is 1.50 bits per heavy atom. The van der Waals surface area contributed by atoms with Gasteiger partial charge < -0.3 is 15.5 Å². The number of carbonyl (C=O) groups is 1. The van der Waals surface area contributed by atoms with E-state index in [4.69, 9.17) is 9.97 Å². The van der Waals surface area contributed by atoms with Crippen LogP contribution in [0.1, 0.15) is 31.2 Å². The van der Waals surface area contributed by atoms with Gasteiger partial charge in [-0.05, 0) is 54.5 Å². The Hall–Kier alpha value is -3.93. The molecule has 0 unspecified atom stereocenters. The number of carbonyl (C=O) groups excluding carboxylic acids is 1. The van der Waals surface area contributed by atoms with Gasteiger partial charge in [0.25, 0.3) is 0 Å². The van der Waals surface area contributed by atoms with Crippen LogP contribution in [0.25, 0.3) is 22.0 Å². The summed E-state index contributed by atoms with van der Waals surface area (Å²) in [7, 11) is 4.00. The summed E-state index contributed by atoms with van der Waals surface area (Å²) in [6, 6.07) is 27.1. The van der Waals surface area contributed by atoms with Crippen molar-refractivity contribution in [2.24, 2.45) is 5.92 Å². The molecule has 4 aromatic rings. The van der Waals surface area contributed by atoms with Crippen LogP contribution in [-0.2, 0) is 11.3 Å².